The van der Waals surface area contributed by atoms with Crippen molar-refractivity contribution < 1.29 is 24.5 Å². The van der Waals surface area contributed by atoms with Gasteiger partial charge in [-0.2, -0.15) is 0 Å². The standard InChI is InChI=1S/C71H137NO5/c1-3-5-7-9-11-13-15-16-17-34-38-41-45-49-53-57-61-65-71(76)77-66-62-58-54-50-46-42-39-36-33-31-29-27-25-23-21-19-18-20-22-24-26-28-30-32-35-37-40-44-48-52-56-60-64-70(75)72-68(67-73)69(74)63-59-55-51-47-43-14-12-10-8-6-4-2/h21,23,59,63,68-69,73-74H,3-20,22,24-58,60-62,64-67H2,1-2H3,(H,72,75)/b23-21-,63-59+. The molecule has 2 atom stereocenters. The van der Waals surface area contributed by atoms with Crippen LogP contribution < -0.4 is 5.32 Å². The number of hydrogen-bond acceptors (Lipinski definition) is 5. The van der Waals surface area contributed by atoms with Crippen molar-refractivity contribution in [3.05, 3.63) is 24.3 Å². The third-order valence-electron chi connectivity index (χ3n) is 16.5. The van der Waals surface area contributed by atoms with Gasteiger partial charge >= 0.3 is 5.97 Å². The predicted octanol–water partition coefficient (Wildman–Crippen LogP) is 22.5. The summed E-state index contributed by atoms with van der Waals surface area (Å²) in [6.07, 6.45) is 84.1. The van der Waals surface area contributed by atoms with E-state index in [1.807, 2.05) is 6.08 Å². The lowest BCUT2D eigenvalue weighted by Crippen LogP contribution is -2.45. The lowest BCUT2D eigenvalue weighted by atomic mass is 10.0. The minimum absolute atomic E-state index is 0.0224. The molecule has 0 fully saturated rings. The van der Waals surface area contributed by atoms with Crippen molar-refractivity contribution in [1.82, 2.24) is 5.32 Å². The van der Waals surface area contributed by atoms with Crippen molar-refractivity contribution in [3.8, 4) is 0 Å². The summed E-state index contributed by atoms with van der Waals surface area (Å²) in [5.41, 5.74) is 0. The summed E-state index contributed by atoms with van der Waals surface area (Å²) in [6.45, 7) is 4.93. The van der Waals surface area contributed by atoms with Gasteiger partial charge < -0.3 is 20.3 Å². The molecule has 0 aliphatic heterocycles. The van der Waals surface area contributed by atoms with Crippen molar-refractivity contribution in [3.63, 3.8) is 0 Å². The van der Waals surface area contributed by atoms with E-state index < -0.39 is 12.1 Å². The monoisotopic (exact) mass is 1080 g/mol. The molecule has 0 aliphatic carbocycles. The Morgan fingerprint density at radius 3 is 0.922 bits per heavy atom. The molecule has 3 N–H and O–H groups in total. The van der Waals surface area contributed by atoms with Gasteiger partial charge in [0, 0.05) is 12.8 Å². The fraction of sp³-hybridized carbons (Fsp3) is 0.915. The highest BCUT2D eigenvalue weighted by molar-refractivity contribution is 5.76. The number of unbranched alkanes of at least 4 members (excludes halogenated alkanes) is 53. The molecule has 456 valence electrons. The van der Waals surface area contributed by atoms with Gasteiger partial charge in [0.15, 0.2) is 0 Å². The first kappa shape index (κ1) is 75.3. The second-order valence-electron chi connectivity index (χ2n) is 24.2. The van der Waals surface area contributed by atoms with Gasteiger partial charge in [-0.1, -0.05) is 346 Å². The van der Waals surface area contributed by atoms with Gasteiger partial charge in [-0.25, -0.2) is 0 Å². The molecule has 0 bridgehead atoms. The van der Waals surface area contributed by atoms with E-state index in [-0.39, 0.29) is 18.5 Å². The van der Waals surface area contributed by atoms with Gasteiger partial charge in [0.1, 0.15) is 0 Å². The highest BCUT2D eigenvalue weighted by Crippen LogP contribution is 2.19. The number of rotatable bonds is 66. The lowest BCUT2D eigenvalue weighted by molar-refractivity contribution is -0.143. The SMILES string of the molecule is CCCCCCCCCCC/C=C/C(O)C(CO)NC(=O)CCCCCCCCCCCCCCCCCC/C=C\CCCCCCCCCCCCCCOC(=O)CCCCCCCCCCCCCCCCCCC. The predicted molar refractivity (Wildman–Crippen MR) is 338 cm³/mol. The summed E-state index contributed by atoms with van der Waals surface area (Å²) in [7, 11) is 0. The van der Waals surface area contributed by atoms with Gasteiger partial charge in [-0.05, 0) is 57.8 Å². The minimum Gasteiger partial charge on any atom is -0.466 e. The smallest absolute Gasteiger partial charge is 0.305 e. The van der Waals surface area contributed by atoms with E-state index in [9.17, 15) is 19.8 Å². The van der Waals surface area contributed by atoms with E-state index in [2.05, 4.69) is 31.3 Å². The van der Waals surface area contributed by atoms with E-state index in [1.54, 1.807) is 6.08 Å². The van der Waals surface area contributed by atoms with Gasteiger partial charge in [0.25, 0.3) is 0 Å². The highest BCUT2D eigenvalue weighted by atomic mass is 16.5. The molecule has 6 nitrogen and oxygen atoms in total. The maximum Gasteiger partial charge on any atom is 0.305 e. The summed E-state index contributed by atoms with van der Waals surface area (Å²) in [6, 6.07) is -0.624. The fourth-order valence-corrected chi connectivity index (χ4v) is 11.1. The van der Waals surface area contributed by atoms with E-state index in [4.69, 9.17) is 4.74 Å². The Hall–Kier alpha value is -1.66. The minimum atomic E-state index is -0.841. The van der Waals surface area contributed by atoms with Crippen LogP contribution in [0.2, 0.25) is 0 Å². The van der Waals surface area contributed by atoms with Crippen LogP contribution in [-0.4, -0.2) is 47.4 Å². The zero-order chi connectivity index (χ0) is 55.7. The summed E-state index contributed by atoms with van der Waals surface area (Å²) < 4.78 is 5.51. The van der Waals surface area contributed by atoms with Crippen LogP contribution in [0.3, 0.4) is 0 Å². The molecule has 0 saturated carbocycles. The summed E-state index contributed by atoms with van der Waals surface area (Å²) in [5.74, 6) is -0.0426. The molecule has 0 rings (SSSR count). The number of nitrogens with one attached hydrogen (secondary N) is 1. The van der Waals surface area contributed by atoms with Gasteiger partial charge in [0.05, 0.1) is 25.4 Å². The Labute approximate surface area is 481 Å². The summed E-state index contributed by atoms with van der Waals surface area (Å²) >= 11 is 0. The van der Waals surface area contributed by atoms with Crippen molar-refractivity contribution in [1.29, 1.82) is 0 Å². The molecule has 2 unspecified atom stereocenters. The van der Waals surface area contributed by atoms with Crippen LogP contribution in [0, 0.1) is 0 Å². The maximum atomic E-state index is 12.4. The van der Waals surface area contributed by atoms with E-state index in [1.165, 1.54) is 327 Å². The first-order valence-corrected chi connectivity index (χ1v) is 35.1. The average molecular weight is 1080 g/mol. The number of aliphatic hydroxyl groups is 2. The molecule has 0 aromatic carbocycles. The topological polar surface area (TPSA) is 95.9 Å². The highest BCUT2D eigenvalue weighted by Gasteiger charge is 2.18. The first-order valence-electron chi connectivity index (χ1n) is 35.1. The number of carbonyl (C=O) groups is 2. The molecular weight excluding hydrogens is 947 g/mol. The number of amides is 1. The van der Waals surface area contributed by atoms with Gasteiger partial charge in [0.2, 0.25) is 5.91 Å². The Kier molecular flexibility index (Phi) is 65.4. The largest absolute Gasteiger partial charge is 0.466 e. The molecule has 0 spiro atoms. The van der Waals surface area contributed by atoms with Crippen LogP contribution >= 0.6 is 0 Å². The molecule has 6 heteroatoms. The van der Waals surface area contributed by atoms with E-state index in [0.29, 0.717) is 19.4 Å². The third kappa shape index (κ3) is 63.4. The molecule has 0 saturated heterocycles. The first-order chi connectivity index (χ1) is 38.0. The normalized spacial score (nSPS) is 12.6. The van der Waals surface area contributed by atoms with Crippen LogP contribution in [0.25, 0.3) is 0 Å². The zero-order valence-electron chi connectivity index (χ0n) is 52.2. The van der Waals surface area contributed by atoms with Crippen LogP contribution in [0.1, 0.15) is 393 Å². The lowest BCUT2D eigenvalue weighted by Gasteiger charge is -2.20. The zero-order valence-corrected chi connectivity index (χ0v) is 52.2. The Morgan fingerprint density at radius 1 is 0.351 bits per heavy atom. The van der Waals surface area contributed by atoms with Crippen LogP contribution in [-0.2, 0) is 14.3 Å². The number of ether oxygens (including phenoxy) is 1. The van der Waals surface area contributed by atoms with Crippen molar-refractivity contribution in [2.24, 2.45) is 0 Å². The fourth-order valence-electron chi connectivity index (χ4n) is 11.1. The van der Waals surface area contributed by atoms with Crippen LogP contribution in [0.15, 0.2) is 24.3 Å². The van der Waals surface area contributed by atoms with E-state index in [0.717, 1.165) is 38.5 Å². The Morgan fingerprint density at radius 2 is 0.610 bits per heavy atom. The molecule has 1 amide bonds. The van der Waals surface area contributed by atoms with Crippen LogP contribution in [0.4, 0.5) is 0 Å². The summed E-state index contributed by atoms with van der Waals surface area (Å²) in [5, 5.41) is 23.1. The number of aliphatic hydroxyl groups excluding tert-OH is 2. The van der Waals surface area contributed by atoms with Crippen molar-refractivity contribution in [2.75, 3.05) is 13.2 Å². The van der Waals surface area contributed by atoms with Crippen molar-refractivity contribution >= 4 is 11.9 Å². The number of carbonyl (C=O) groups excluding carboxylic acids is 2. The molecule has 0 aromatic rings. The molecule has 0 heterocycles. The van der Waals surface area contributed by atoms with Gasteiger partial charge in [-0.15, -0.1) is 0 Å². The quantitative estimate of drug-likeness (QED) is 0.0320. The molecule has 0 aromatic heterocycles. The van der Waals surface area contributed by atoms with Gasteiger partial charge in [-0.3, -0.25) is 9.59 Å². The number of esters is 1. The Balaban J connectivity index is 3.33. The second-order valence-corrected chi connectivity index (χ2v) is 24.2. The molecular formula is C71H137NO5. The third-order valence-corrected chi connectivity index (χ3v) is 16.5. The van der Waals surface area contributed by atoms with Crippen LogP contribution in [0.5, 0.6) is 0 Å². The van der Waals surface area contributed by atoms with E-state index >= 15 is 0 Å². The number of allylic oxidation sites excluding steroid dienone is 3. The molecule has 77 heavy (non-hydrogen) atoms. The Bertz CT molecular complexity index is 1200. The average Bonchev–Trinajstić information content (AvgIpc) is 3.43. The molecule has 0 radical (unpaired) electrons. The second kappa shape index (κ2) is 66.8. The number of hydrogen-bond donors (Lipinski definition) is 3. The van der Waals surface area contributed by atoms with Crippen molar-refractivity contribution in [2.45, 2.75) is 405 Å². The molecule has 0 aliphatic rings. The summed E-state index contributed by atoms with van der Waals surface area (Å²) in [4.78, 5) is 24.5. The maximum absolute atomic E-state index is 12.4.